The number of carbonyl (C=O) groups is 2. The summed E-state index contributed by atoms with van der Waals surface area (Å²) in [4.78, 5) is 30.5. The summed E-state index contributed by atoms with van der Waals surface area (Å²) in [5.41, 5.74) is 0.811. The Kier molecular flexibility index (Phi) is 7.57. The van der Waals surface area contributed by atoms with E-state index >= 15 is 0 Å². The molecule has 0 saturated carbocycles. The fraction of sp³-hybridized carbons (Fsp3) is 0.588. The summed E-state index contributed by atoms with van der Waals surface area (Å²) in [6, 6.07) is 3.25. The lowest BCUT2D eigenvalue weighted by Crippen LogP contribution is -2.33. The van der Waals surface area contributed by atoms with Crippen LogP contribution in [-0.2, 0) is 0 Å². The molecule has 5 nitrogen and oxygen atoms in total. The van der Waals surface area contributed by atoms with Crippen molar-refractivity contribution in [3.8, 4) is 0 Å². The molecule has 1 aromatic heterocycles. The molecule has 5 heteroatoms. The smallest absolute Gasteiger partial charge is 0.269 e. The predicted molar refractivity (Wildman–Crippen MR) is 87.9 cm³/mol. The molecule has 0 aromatic carbocycles. The Balaban J connectivity index is 2.85. The monoisotopic (exact) mass is 305 g/mol. The molecule has 1 aromatic rings. The third-order valence-electron chi connectivity index (χ3n) is 3.18. The normalized spacial score (nSPS) is 10.6. The molecule has 1 N–H and O–H groups in total. The highest BCUT2D eigenvalue weighted by atomic mass is 16.2. The molecule has 2 amide bonds. The number of hydrogen-bond donors (Lipinski definition) is 1. The van der Waals surface area contributed by atoms with Gasteiger partial charge in [0.25, 0.3) is 11.8 Å². The van der Waals surface area contributed by atoms with Crippen molar-refractivity contribution in [2.45, 2.75) is 40.5 Å². The molecule has 122 valence electrons. The maximum absolute atomic E-state index is 12.5. The van der Waals surface area contributed by atoms with Gasteiger partial charge in [-0.3, -0.25) is 14.6 Å². The molecule has 0 fully saturated rings. The minimum atomic E-state index is -0.235. The van der Waals surface area contributed by atoms with Crippen molar-refractivity contribution < 1.29 is 9.59 Å². The van der Waals surface area contributed by atoms with E-state index in [1.165, 1.54) is 6.20 Å². The van der Waals surface area contributed by atoms with Gasteiger partial charge in [-0.05, 0) is 30.9 Å². The van der Waals surface area contributed by atoms with E-state index in [1.807, 2.05) is 32.6 Å². The second-order valence-electron chi connectivity index (χ2n) is 5.83. The van der Waals surface area contributed by atoms with Gasteiger partial charge in [0.1, 0.15) is 5.69 Å². The number of nitrogens with zero attached hydrogens (tertiary/aromatic N) is 2. The van der Waals surface area contributed by atoms with Gasteiger partial charge in [-0.25, -0.2) is 0 Å². The molecule has 0 bridgehead atoms. The Bertz CT molecular complexity index is 494. The van der Waals surface area contributed by atoms with Crippen molar-refractivity contribution in [2.24, 2.45) is 5.92 Å². The standard InChI is InChI=1S/C17H27N3O2/c1-5-9-20(10-6-2)17(22)14-7-8-18-15(11-14)16(21)19-12-13(3)4/h7-8,11,13H,5-6,9-10,12H2,1-4H3,(H,19,21). The topological polar surface area (TPSA) is 62.3 Å². The summed E-state index contributed by atoms with van der Waals surface area (Å²) < 4.78 is 0. The highest BCUT2D eigenvalue weighted by Gasteiger charge is 2.16. The number of aromatic nitrogens is 1. The Labute approximate surface area is 133 Å². The van der Waals surface area contributed by atoms with Gasteiger partial charge in [0, 0.05) is 31.4 Å². The van der Waals surface area contributed by atoms with E-state index in [1.54, 1.807) is 12.1 Å². The molecule has 0 radical (unpaired) electrons. The Morgan fingerprint density at radius 2 is 1.86 bits per heavy atom. The van der Waals surface area contributed by atoms with Gasteiger partial charge in [-0.1, -0.05) is 27.7 Å². The summed E-state index contributed by atoms with van der Waals surface area (Å²) in [6.07, 6.45) is 3.35. The van der Waals surface area contributed by atoms with Crippen LogP contribution in [-0.4, -0.2) is 41.3 Å². The molecule has 0 unspecified atom stereocenters. The van der Waals surface area contributed by atoms with Gasteiger partial charge >= 0.3 is 0 Å². The van der Waals surface area contributed by atoms with Gasteiger partial charge in [0.2, 0.25) is 0 Å². The predicted octanol–water partition coefficient (Wildman–Crippen LogP) is 2.73. The first kappa shape index (κ1) is 18.1. The number of rotatable bonds is 8. The number of carbonyl (C=O) groups excluding carboxylic acids is 2. The summed E-state index contributed by atoms with van der Waals surface area (Å²) in [7, 11) is 0. The van der Waals surface area contributed by atoms with E-state index in [9.17, 15) is 9.59 Å². The number of nitrogens with one attached hydrogen (secondary N) is 1. The molecule has 1 heterocycles. The van der Waals surface area contributed by atoms with Gasteiger partial charge in [-0.2, -0.15) is 0 Å². The van der Waals surface area contributed by atoms with Crippen LogP contribution in [0.1, 0.15) is 61.4 Å². The lowest BCUT2D eigenvalue weighted by Gasteiger charge is -2.21. The summed E-state index contributed by atoms with van der Waals surface area (Å²) in [6.45, 7) is 10.2. The van der Waals surface area contributed by atoms with E-state index in [4.69, 9.17) is 0 Å². The molecule has 22 heavy (non-hydrogen) atoms. The summed E-state index contributed by atoms with van der Waals surface area (Å²) in [5, 5.41) is 2.82. The molecular weight excluding hydrogens is 278 g/mol. The molecule has 1 rings (SSSR count). The van der Waals surface area contributed by atoms with Crippen LogP contribution >= 0.6 is 0 Å². The quantitative estimate of drug-likeness (QED) is 0.803. The van der Waals surface area contributed by atoms with Crippen molar-refractivity contribution in [3.63, 3.8) is 0 Å². The highest BCUT2D eigenvalue weighted by molar-refractivity contribution is 5.98. The van der Waals surface area contributed by atoms with Gasteiger partial charge < -0.3 is 10.2 Å². The zero-order valence-electron chi connectivity index (χ0n) is 14.1. The molecule has 0 aliphatic heterocycles. The third-order valence-corrected chi connectivity index (χ3v) is 3.18. The van der Waals surface area contributed by atoms with Crippen molar-refractivity contribution in [1.29, 1.82) is 0 Å². The molecular formula is C17H27N3O2. The van der Waals surface area contributed by atoms with Crippen LogP contribution in [0.4, 0.5) is 0 Å². The van der Waals surface area contributed by atoms with Crippen LogP contribution in [0.15, 0.2) is 18.3 Å². The van der Waals surface area contributed by atoms with E-state index in [0.717, 1.165) is 25.9 Å². The average molecular weight is 305 g/mol. The van der Waals surface area contributed by atoms with Gasteiger partial charge in [-0.15, -0.1) is 0 Å². The minimum Gasteiger partial charge on any atom is -0.350 e. The van der Waals surface area contributed by atoms with E-state index < -0.39 is 0 Å². The van der Waals surface area contributed by atoms with Gasteiger partial charge in [0.05, 0.1) is 0 Å². The Morgan fingerprint density at radius 1 is 1.23 bits per heavy atom. The van der Waals surface area contributed by atoms with Crippen LogP contribution in [0.3, 0.4) is 0 Å². The first-order chi connectivity index (χ1) is 10.5. The number of amides is 2. The van der Waals surface area contributed by atoms with E-state index in [2.05, 4.69) is 10.3 Å². The maximum Gasteiger partial charge on any atom is 0.269 e. The van der Waals surface area contributed by atoms with Crippen molar-refractivity contribution in [2.75, 3.05) is 19.6 Å². The van der Waals surface area contributed by atoms with Crippen LogP contribution in [0.2, 0.25) is 0 Å². The lowest BCUT2D eigenvalue weighted by atomic mass is 10.1. The minimum absolute atomic E-state index is 0.0380. The van der Waals surface area contributed by atoms with E-state index in [0.29, 0.717) is 23.7 Å². The zero-order valence-corrected chi connectivity index (χ0v) is 14.1. The van der Waals surface area contributed by atoms with Gasteiger partial charge in [0.15, 0.2) is 0 Å². The average Bonchev–Trinajstić information content (AvgIpc) is 2.51. The first-order valence-corrected chi connectivity index (χ1v) is 8.03. The summed E-state index contributed by atoms with van der Waals surface area (Å²) >= 11 is 0. The maximum atomic E-state index is 12.5. The lowest BCUT2D eigenvalue weighted by molar-refractivity contribution is 0.0755. The van der Waals surface area contributed by atoms with Crippen LogP contribution < -0.4 is 5.32 Å². The second-order valence-corrected chi connectivity index (χ2v) is 5.83. The molecule has 0 aliphatic rings. The Hall–Kier alpha value is -1.91. The Morgan fingerprint density at radius 3 is 2.41 bits per heavy atom. The second kappa shape index (κ2) is 9.18. The fourth-order valence-corrected chi connectivity index (χ4v) is 2.11. The molecule has 0 aliphatic carbocycles. The number of pyridine rings is 1. The fourth-order valence-electron chi connectivity index (χ4n) is 2.11. The van der Waals surface area contributed by atoms with E-state index in [-0.39, 0.29) is 11.8 Å². The van der Waals surface area contributed by atoms with Crippen molar-refractivity contribution in [1.82, 2.24) is 15.2 Å². The number of hydrogen-bond acceptors (Lipinski definition) is 3. The third kappa shape index (κ3) is 5.47. The zero-order chi connectivity index (χ0) is 16.5. The van der Waals surface area contributed by atoms with Crippen molar-refractivity contribution >= 4 is 11.8 Å². The van der Waals surface area contributed by atoms with Crippen molar-refractivity contribution in [3.05, 3.63) is 29.6 Å². The largest absolute Gasteiger partial charge is 0.350 e. The summed E-state index contributed by atoms with van der Waals surface area (Å²) in [5.74, 6) is 0.100. The molecule has 0 spiro atoms. The molecule has 0 saturated heterocycles. The highest BCUT2D eigenvalue weighted by Crippen LogP contribution is 2.08. The molecule has 0 atom stereocenters. The van der Waals surface area contributed by atoms with Crippen LogP contribution in [0.25, 0.3) is 0 Å². The van der Waals surface area contributed by atoms with Crippen LogP contribution in [0, 0.1) is 5.92 Å². The SMILES string of the molecule is CCCN(CCC)C(=O)c1ccnc(C(=O)NCC(C)C)c1. The first-order valence-electron chi connectivity index (χ1n) is 8.03. The van der Waals surface area contributed by atoms with Crippen LogP contribution in [0.5, 0.6) is 0 Å².